The maximum atomic E-state index is 14.2. The van der Waals surface area contributed by atoms with Crippen LogP contribution in [0.2, 0.25) is 5.02 Å². The van der Waals surface area contributed by atoms with E-state index in [-0.39, 0.29) is 11.8 Å². The Kier molecular flexibility index (Phi) is 5.64. The summed E-state index contributed by atoms with van der Waals surface area (Å²) < 4.78 is 5.42. The lowest BCUT2D eigenvalue weighted by atomic mass is 9.84. The molecule has 2 fully saturated rings. The lowest BCUT2D eigenvalue weighted by Crippen LogP contribution is -2.46. The number of benzene rings is 4. The molecule has 0 saturated carbocycles. The molecule has 0 radical (unpaired) electrons. The normalized spacial score (nSPS) is 22.8. The van der Waals surface area contributed by atoms with Gasteiger partial charge in [-0.15, -0.1) is 0 Å². The highest BCUT2D eigenvalue weighted by molar-refractivity contribution is 6.31. The first-order valence-corrected chi connectivity index (χ1v) is 13.4. The molecular formula is C32H24ClN3O4. The van der Waals surface area contributed by atoms with Crippen LogP contribution in [0.15, 0.2) is 91.1 Å². The van der Waals surface area contributed by atoms with Crippen molar-refractivity contribution in [3.05, 3.63) is 107 Å². The summed E-state index contributed by atoms with van der Waals surface area (Å²) in [5.74, 6) is -2.28. The van der Waals surface area contributed by atoms with Gasteiger partial charge in [0.25, 0.3) is 0 Å². The highest BCUT2D eigenvalue weighted by Crippen LogP contribution is 2.53. The average molecular weight is 550 g/mol. The summed E-state index contributed by atoms with van der Waals surface area (Å²) in [6.45, 7) is 0. The highest BCUT2D eigenvalue weighted by Gasteiger charge is 2.64. The topological polar surface area (TPSA) is 79.0 Å². The van der Waals surface area contributed by atoms with Gasteiger partial charge in [0, 0.05) is 11.2 Å². The molecule has 0 aliphatic carbocycles. The van der Waals surface area contributed by atoms with Crippen molar-refractivity contribution in [2.24, 2.45) is 11.8 Å². The van der Waals surface area contributed by atoms with Crippen molar-refractivity contribution in [2.75, 3.05) is 17.3 Å². The van der Waals surface area contributed by atoms with Gasteiger partial charge in [0.1, 0.15) is 11.8 Å². The van der Waals surface area contributed by atoms with Crippen molar-refractivity contribution in [3.63, 3.8) is 0 Å². The molecule has 4 atom stereocenters. The van der Waals surface area contributed by atoms with Crippen molar-refractivity contribution in [3.8, 4) is 5.75 Å². The third kappa shape index (κ3) is 3.62. The minimum Gasteiger partial charge on any atom is -0.495 e. The Labute approximate surface area is 235 Å². The van der Waals surface area contributed by atoms with Crippen molar-refractivity contribution >= 4 is 57.5 Å². The summed E-state index contributed by atoms with van der Waals surface area (Å²) in [5, 5.41) is 5.29. The zero-order valence-electron chi connectivity index (χ0n) is 21.5. The zero-order valence-corrected chi connectivity index (χ0v) is 22.2. The molecule has 1 N–H and O–H groups in total. The van der Waals surface area contributed by atoms with Gasteiger partial charge in [-0.3, -0.25) is 14.4 Å². The Morgan fingerprint density at radius 1 is 0.875 bits per heavy atom. The van der Waals surface area contributed by atoms with Crippen LogP contribution in [0.5, 0.6) is 5.75 Å². The maximum absolute atomic E-state index is 14.2. The first kappa shape index (κ1) is 24.4. The van der Waals surface area contributed by atoms with E-state index in [9.17, 15) is 14.4 Å². The number of nitrogens with zero attached hydrogens (tertiary/aromatic N) is 2. The second-order valence-electron chi connectivity index (χ2n) is 10.2. The van der Waals surface area contributed by atoms with Gasteiger partial charge in [0.2, 0.25) is 17.7 Å². The minimum absolute atomic E-state index is 0.305. The van der Waals surface area contributed by atoms with E-state index in [0.717, 1.165) is 21.9 Å². The fourth-order valence-corrected chi connectivity index (χ4v) is 6.58. The smallest absolute Gasteiger partial charge is 0.248 e. The molecule has 7 rings (SSSR count). The number of fused-ring (bicyclic) bond motifs is 6. The number of carbonyl (C=O) groups excluding carboxylic acids is 3. The molecule has 0 bridgehead atoms. The van der Waals surface area contributed by atoms with Crippen LogP contribution in [0.3, 0.4) is 0 Å². The number of halogens is 1. The third-order valence-corrected chi connectivity index (χ3v) is 8.38. The molecule has 8 heteroatoms. The number of rotatable bonds is 4. The van der Waals surface area contributed by atoms with Gasteiger partial charge in [-0.1, -0.05) is 66.2 Å². The number of imide groups is 1. The SMILES string of the molecule is COc1ccc(Cl)cc1NC(=O)[C@@H]1[C@@H]2C(=O)N(c3ccc4ccccc4c3)C(=O)[C@@H]2C2c3ccccc3C=CN21. The molecule has 4 aromatic carbocycles. The van der Waals surface area contributed by atoms with Crippen LogP contribution in [0, 0.1) is 11.8 Å². The Morgan fingerprint density at radius 2 is 1.62 bits per heavy atom. The van der Waals surface area contributed by atoms with Crippen LogP contribution in [0.25, 0.3) is 16.8 Å². The monoisotopic (exact) mass is 549 g/mol. The second-order valence-corrected chi connectivity index (χ2v) is 10.6. The maximum Gasteiger partial charge on any atom is 0.248 e. The number of amides is 3. The zero-order chi connectivity index (χ0) is 27.5. The van der Waals surface area contributed by atoms with Crippen LogP contribution in [-0.4, -0.2) is 35.8 Å². The summed E-state index contributed by atoms with van der Waals surface area (Å²) in [4.78, 5) is 45.4. The number of hydrogen-bond donors (Lipinski definition) is 1. The van der Waals surface area contributed by atoms with Gasteiger partial charge >= 0.3 is 0 Å². The number of hydrogen-bond acceptors (Lipinski definition) is 5. The van der Waals surface area contributed by atoms with Crippen molar-refractivity contribution in [1.82, 2.24) is 4.90 Å². The third-order valence-electron chi connectivity index (χ3n) is 8.14. The van der Waals surface area contributed by atoms with E-state index in [4.69, 9.17) is 16.3 Å². The number of nitrogens with one attached hydrogen (secondary N) is 1. The van der Waals surface area contributed by atoms with E-state index in [2.05, 4.69) is 5.32 Å². The van der Waals surface area contributed by atoms with Gasteiger partial charge in [-0.25, -0.2) is 4.90 Å². The Morgan fingerprint density at radius 3 is 2.45 bits per heavy atom. The molecule has 0 aromatic heterocycles. The van der Waals surface area contributed by atoms with Crippen LogP contribution >= 0.6 is 11.6 Å². The largest absolute Gasteiger partial charge is 0.495 e. The van der Waals surface area contributed by atoms with Crippen LogP contribution in [0.4, 0.5) is 11.4 Å². The molecule has 3 aliphatic rings. The van der Waals surface area contributed by atoms with Gasteiger partial charge < -0.3 is 15.0 Å². The van der Waals surface area contributed by atoms with E-state index >= 15 is 0 Å². The molecule has 4 aromatic rings. The molecule has 3 amide bonds. The average Bonchev–Trinajstić information content (AvgIpc) is 3.45. The van der Waals surface area contributed by atoms with E-state index in [1.165, 1.54) is 12.0 Å². The quantitative estimate of drug-likeness (QED) is 0.333. The van der Waals surface area contributed by atoms with Crippen molar-refractivity contribution in [1.29, 1.82) is 0 Å². The molecule has 3 aliphatic heterocycles. The fourth-order valence-electron chi connectivity index (χ4n) is 6.41. The number of carbonyl (C=O) groups is 3. The highest BCUT2D eigenvalue weighted by atomic mass is 35.5. The first-order valence-electron chi connectivity index (χ1n) is 13.0. The lowest BCUT2D eigenvalue weighted by Gasteiger charge is -2.35. The predicted octanol–water partition coefficient (Wildman–Crippen LogP) is 5.66. The van der Waals surface area contributed by atoms with E-state index in [0.29, 0.717) is 22.1 Å². The van der Waals surface area contributed by atoms with Gasteiger partial charge in [-0.05, 0) is 58.3 Å². The number of anilines is 2. The summed E-state index contributed by atoms with van der Waals surface area (Å²) in [6, 6.07) is 24.7. The molecule has 1 unspecified atom stereocenters. The lowest BCUT2D eigenvalue weighted by molar-refractivity contribution is -0.128. The summed E-state index contributed by atoms with van der Waals surface area (Å²) in [6.07, 6.45) is 3.74. The van der Waals surface area contributed by atoms with Crippen LogP contribution in [0.1, 0.15) is 17.2 Å². The van der Waals surface area contributed by atoms with Crippen LogP contribution < -0.4 is 15.0 Å². The summed E-state index contributed by atoms with van der Waals surface area (Å²) in [7, 11) is 1.51. The van der Waals surface area contributed by atoms with Crippen LogP contribution in [-0.2, 0) is 14.4 Å². The number of ether oxygens (including phenoxy) is 1. The molecule has 3 heterocycles. The van der Waals surface area contributed by atoms with E-state index < -0.39 is 29.8 Å². The first-order chi connectivity index (χ1) is 19.5. The van der Waals surface area contributed by atoms with Gasteiger partial charge in [0.05, 0.1) is 36.4 Å². The fraction of sp³-hybridized carbons (Fsp3) is 0.156. The number of methoxy groups -OCH3 is 1. The minimum atomic E-state index is -0.926. The van der Waals surface area contributed by atoms with E-state index in [1.54, 1.807) is 24.3 Å². The molecule has 0 spiro atoms. The molecule has 2 saturated heterocycles. The Hall–Kier alpha value is -4.62. The van der Waals surface area contributed by atoms with Crippen molar-refractivity contribution < 1.29 is 19.1 Å². The molecule has 198 valence electrons. The second kappa shape index (κ2) is 9.24. The molecular weight excluding hydrogens is 526 g/mol. The molecule has 7 nitrogen and oxygen atoms in total. The summed E-state index contributed by atoms with van der Waals surface area (Å²) in [5.41, 5.74) is 2.77. The van der Waals surface area contributed by atoms with Gasteiger partial charge in [0.15, 0.2) is 0 Å². The van der Waals surface area contributed by atoms with Crippen molar-refractivity contribution in [2.45, 2.75) is 12.1 Å². The summed E-state index contributed by atoms with van der Waals surface area (Å²) >= 11 is 6.21. The van der Waals surface area contributed by atoms with E-state index in [1.807, 2.05) is 77.8 Å². The Balaban J connectivity index is 1.33. The predicted molar refractivity (Wildman–Crippen MR) is 154 cm³/mol. The van der Waals surface area contributed by atoms with Gasteiger partial charge in [-0.2, -0.15) is 0 Å². The Bertz CT molecular complexity index is 1750. The molecule has 40 heavy (non-hydrogen) atoms. The standard InChI is InChI=1S/C32H24ClN3O4/c1-40-25-13-11-21(33)17-24(25)34-30(37)29-27-26(28-23-9-5-4-7-19(23)14-15-35(28)29)31(38)36(32(27)39)22-12-10-18-6-2-3-8-20(18)16-22/h2-17,26-29H,1H3,(H,34,37)/t26-,27+,28?,29-/m0/s1.